The molecule has 1 aliphatic carbocycles. The Bertz CT molecular complexity index is 83.3. The highest BCUT2D eigenvalue weighted by Crippen LogP contribution is 2.29. The monoisotopic (exact) mass is 145 g/mol. The fourth-order valence-corrected chi connectivity index (χ4v) is 1.80. The summed E-state index contributed by atoms with van der Waals surface area (Å²) < 4.78 is 12.3. The lowest BCUT2D eigenvalue weighted by molar-refractivity contribution is 0.197. The SMILES string of the molecule is NC[C@@H]1CCCC[C@H]1CF. The lowest BCUT2D eigenvalue weighted by Crippen LogP contribution is -2.27. The van der Waals surface area contributed by atoms with Crippen LogP contribution in [0.4, 0.5) is 4.39 Å². The molecule has 2 atom stereocenters. The van der Waals surface area contributed by atoms with Crippen LogP contribution in [0.25, 0.3) is 0 Å². The van der Waals surface area contributed by atoms with E-state index in [0.29, 0.717) is 12.5 Å². The topological polar surface area (TPSA) is 26.0 Å². The second-order valence-electron chi connectivity index (χ2n) is 3.19. The Morgan fingerprint density at radius 1 is 1.20 bits per heavy atom. The van der Waals surface area contributed by atoms with Crippen molar-refractivity contribution in [2.45, 2.75) is 25.7 Å². The Kier molecular flexibility index (Phi) is 3.13. The van der Waals surface area contributed by atoms with E-state index in [9.17, 15) is 4.39 Å². The van der Waals surface area contributed by atoms with E-state index in [4.69, 9.17) is 5.73 Å². The standard InChI is InChI=1S/C8H16FN/c9-5-7-3-1-2-4-8(7)6-10/h7-8H,1-6,10H2/t7-,8-/m0/s1. The zero-order valence-electron chi connectivity index (χ0n) is 6.35. The van der Waals surface area contributed by atoms with Gasteiger partial charge in [0, 0.05) is 0 Å². The molecule has 0 amide bonds. The number of hydrogen-bond donors (Lipinski definition) is 1. The molecule has 0 radical (unpaired) electrons. The van der Waals surface area contributed by atoms with Gasteiger partial charge in [0.25, 0.3) is 0 Å². The van der Waals surface area contributed by atoms with Crippen LogP contribution in [0.15, 0.2) is 0 Å². The molecule has 1 rings (SSSR count). The van der Waals surface area contributed by atoms with E-state index in [1.165, 1.54) is 12.8 Å². The molecule has 1 fully saturated rings. The van der Waals surface area contributed by atoms with Crippen molar-refractivity contribution in [3.05, 3.63) is 0 Å². The van der Waals surface area contributed by atoms with Crippen LogP contribution < -0.4 is 5.73 Å². The van der Waals surface area contributed by atoms with Crippen LogP contribution in [0.2, 0.25) is 0 Å². The molecule has 0 unspecified atom stereocenters. The molecule has 0 aromatic heterocycles. The number of alkyl halides is 1. The molecule has 60 valence electrons. The Labute approximate surface area is 61.8 Å². The first kappa shape index (κ1) is 7.99. The minimum atomic E-state index is -0.165. The Hall–Kier alpha value is -0.110. The average molecular weight is 145 g/mol. The van der Waals surface area contributed by atoms with Crippen molar-refractivity contribution in [2.24, 2.45) is 17.6 Å². The van der Waals surface area contributed by atoms with Crippen molar-refractivity contribution in [1.82, 2.24) is 0 Å². The third-order valence-corrected chi connectivity index (χ3v) is 2.57. The maximum Gasteiger partial charge on any atom is 0.0925 e. The molecule has 1 aliphatic rings. The van der Waals surface area contributed by atoms with Gasteiger partial charge in [-0.15, -0.1) is 0 Å². The van der Waals surface area contributed by atoms with Gasteiger partial charge in [-0.2, -0.15) is 0 Å². The summed E-state index contributed by atoms with van der Waals surface area (Å²) in [6, 6.07) is 0. The minimum absolute atomic E-state index is 0.165. The van der Waals surface area contributed by atoms with Crippen LogP contribution in [-0.4, -0.2) is 13.2 Å². The van der Waals surface area contributed by atoms with Gasteiger partial charge in [0.15, 0.2) is 0 Å². The van der Waals surface area contributed by atoms with Crippen molar-refractivity contribution in [3.63, 3.8) is 0 Å². The molecule has 0 heterocycles. The third kappa shape index (κ3) is 1.69. The van der Waals surface area contributed by atoms with Gasteiger partial charge in [0.05, 0.1) is 6.67 Å². The first-order chi connectivity index (χ1) is 4.88. The molecule has 1 nitrogen and oxygen atoms in total. The van der Waals surface area contributed by atoms with Crippen LogP contribution >= 0.6 is 0 Å². The highest BCUT2D eigenvalue weighted by molar-refractivity contribution is 4.75. The summed E-state index contributed by atoms with van der Waals surface area (Å²) in [7, 11) is 0. The van der Waals surface area contributed by atoms with E-state index in [-0.39, 0.29) is 12.6 Å². The molecule has 0 bridgehead atoms. The minimum Gasteiger partial charge on any atom is -0.330 e. The fourth-order valence-electron chi connectivity index (χ4n) is 1.80. The fraction of sp³-hybridized carbons (Fsp3) is 1.00. The van der Waals surface area contributed by atoms with E-state index >= 15 is 0 Å². The summed E-state index contributed by atoms with van der Waals surface area (Å²) in [5, 5.41) is 0. The van der Waals surface area contributed by atoms with E-state index in [0.717, 1.165) is 12.8 Å². The van der Waals surface area contributed by atoms with Crippen molar-refractivity contribution < 1.29 is 4.39 Å². The van der Waals surface area contributed by atoms with Crippen molar-refractivity contribution in [1.29, 1.82) is 0 Å². The van der Waals surface area contributed by atoms with Crippen molar-refractivity contribution >= 4 is 0 Å². The maximum absolute atomic E-state index is 12.3. The van der Waals surface area contributed by atoms with Gasteiger partial charge in [0.2, 0.25) is 0 Å². The third-order valence-electron chi connectivity index (χ3n) is 2.57. The summed E-state index contributed by atoms with van der Waals surface area (Å²) in [4.78, 5) is 0. The Morgan fingerprint density at radius 3 is 2.20 bits per heavy atom. The molecular formula is C8H16FN. The van der Waals surface area contributed by atoms with Crippen LogP contribution in [0.1, 0.15) is 25.7 Å². The first-order valence-electron chi connectivity index (χ1n) is 4.14. The first-order valence-corrected chi connectivity index (χ1v) is 4.14. The molecule has 2 N–H and O–H groups in total. The number of halogens is 1. The molecule has 2 heteroatoms. The lowest BCUT2D eigenvalue weighted by atomic mass is 9.80. The average Bonchev–Trinajstić information content (AvgIpc) is 2.04. The largest absolute Gasteiger partial charge is 0.330 e. The van der Waals surface area contributed by atoms with Gasteiger partial charge in [-0.3, -0.25) is 4.39 Å². The Morgan fingerprint density at radius 2 is 1.80 bits per heavy atom. The van der Waals surface area contributed by atoms with Crippen LogP contribution in [0.3, 0.4) is 0 Å². The van der Waals surface area contributed by atoms with Gasteiger partial charge >= 0.3 is 0 Å². The molecule has 10 heavy (non-hydrogen) atoms. The summed E-state index contributed by atoms with van der Waals surface area (Å²) >= 11 is 0. The highest BCUT2D eigenvalue weighted by Gasteiger charge is 2.23. The van der Waals surface area contributed by atoms with Crippen LogP contribution in [0, 0.1) is 11.8 Å². The molecule has 0 aliphatic heterocycles. The van der Waals surface area contributed by atoms with E-state index < -0.39 is 0 Å². The number of nitrogens with two attached hydrogens (primary N) is 1. The Balaban J connectivity index is 2.34. The molecule has 0 saturated heterocycles. The molecule has 0 aromatic rings. The van der Waals surface area contributed by atoms with Gasteiger partial charge in [-0.1, -0.05) is 12.8 Å². The van der Waals surface area contributed by atoms with Crippen LogP contribution in [-0.2, 0) is 0 Å². The smallest absolute Gasteiger partial charge is 0.0925 e. The molecule has 1 saturated carbocycles. The summed E-state index contributed by atoms with van der Waals surface area (Å²) in [5.41, 5.74) is 5.50. The predicted octanol–water partition coefficient (Wildman–Crippen LogP) is 1.72. The predicted molar refractivity (Wildman–Crippen MR) is 40.5 cm³/mol. The molecule has 0 aromatic carbocycles. The lowest BCUT2D eigenvalue weighted by Gasteiger charge is -2.28. The summed E-state index contributed by atoms with van der Waals surface area (Å²) in [6.45, 7) is 0.510. The van der Waals surface area contributed by atoms with E-state index in [2.05, 4.69) is 0 Å². The van der Waals surface area contributed by atoms with Gasteiger partial charge < -0.3 is 5.73 Å². The molecular weight excluding hydrogens is 129 g/mol. The van der Waals surface area contributed by atoms with Crippen molar-refractivity contribution in [3.8, 4) is 0 Å². The normalized spacial score (nSPS) is 34.2. The zero-order chi connectivity index (χ0) is 7.40. The summed E-state index contributed by atoms with van der Waals surface area (Å²) in [6.07, 6.45) is 4.65. The van der Waals surface area contributed by atoms with Crippen LogP contribution in [0.5, 0.6) is 0 Å². The zero-order valence-corrected chi connectivity index (χ0v) is 6.35. The molecule has 0 spiro atoms. The number of rotatable bonds is 2. The number of hydrogen-bond acceptors (Lipinski definition) is 1. The quantitative estimate of drug-likeness (QED) is 0.629. The van der Waals surface area contributed by atoms with E-state index in [1.54, 1.807) is 0 Å². The maximum atomic E-state index is 12.3. The van der Waals surface area contributed by atoms with Gasteiger partial charge in [-0.05, 0) is 31.2 Å². The van der Waals surface area contributed by atoms with Gasteiger partial charge in [0.1, 0.15) is 0 Å². The highest BCUT2D eigenvalue weighted by atomic mass is 19.1. The second-order valence-corrected chi connectivity index (χ2v) is 3.19. The second kappa shape index (κ2) is 3.91. The van der Waals surface area contributed by atoms with Crippen molar-refractivity contribution in [2.75, 3.05) is 13.2 Å². The van der Waals surface area contributed by atoms with Gasteiger partial charge in [-0.25, -0.2) is 0 Å². The van der Waals surface area contributed by atoms with E-state index in [1.807, 2.05) is 0 Å². The summed E-state index contributed by atoms with van der Waals surface area (Å²) in [5.74, 6) is 0.748.